The Bertz CT molecular complexity index is 2470. The number of nitrogens with zero attached hydrogens (tertiary/aromatic N) is 1. The van der Waals surface area contributed by atoms with Crippen molar-refractivity contribution in [3.63, 3.8) is 0 Å². The van der Waals surface area contributed by atoms with Gasteiger partial charge in [0.05, 0.1) is 16.0 Å². The number of rotatable bonds is 2. The molecule has 1 aromatic heterocycles. The van der Waals surface area contributed by atoms with E-state index in [1.54, 1.807) is 12.1 Å². The van der Waals surface area contributed by atoms with Crippen LogP contribution < -0.4 is 0 Å². The fourth-order valence-corrected chi connectivity index (χ4v) is 8.70. The highest BCUT2D eigenvalue weighted by Gasteiger charge is 2.38. The second-order valence-corrected chi connectivity index (χ2v) is 15.6. The van der Waals surface area contributed by atoms with Crippen molar-refractivity contribution < 1.29 is 4.92 Å². The third-order valence-corrected chi connectivity index (χ3v) is 11.3. The Kier molecular flexibility index (Phi) is 7.06. The summed E-state index contributed by atoms with van der Waals surface area (Å²) in [5.41, 5.74) is 14.5. The van der Waals surface area contributed by atoms with Crippen LogP contribution in [0.1, 0.15) is 49.9 Å². The fraction of sp³-hybridized carbons (Fsp3) is 0.143. The molecule has 0 saturated carbocycles. The molecular weight excluding hydrogens is 724 g/mol. The number of fused-ring (bicyclic) bond motifs is 10. The lowest BCUT2D eigenvalue weighted by atomic mass is 9.81. The Hall–Kier alpha value is -4.52. The van der Waals surface area contributed by atoms with E-state index in [0.29, 0.717) is 5.56 Å². The molecule has 1 N–H and O–H groups in total. The summed E-state index contributed by atoms with van der Waals surface area (Å²) in [5.74, 6) is 0. The van der Waals surface area contributed by atoms with Crippen LogP contribution >= 0.6 is 31.9 Å². The van der Waals surface area contributed by atoms with Gasteiger partial charge in [0.1, 0.15) is 0 Å². The number of halogens is 2. The molecule has 0 spiro atoms. The summed E-state index contributed by atoms with van der Waals surface area (Å²) < 4.78 is 1.95. The van der Waals surface area contributed by atoms with Gasteiger partial charge in [-0.3, -0.25) is 10.1 Å². The van der Waals surface area contributed by atoms with Crippen LogP contribution in [0.3, 0.4) is 0 Å². The first-order chi connectivity index (χ1) is 23.0. The summed E-state index contributed by atoms with van der Waals surface area (Å²) >= 11 is 7.03. The summed E-state index contributed by atoms with van der Waals surface area (Å²) in [4.78, 5) is 14.8. The van der Waals surface area contributed by atoms with Gasteiger partial charge in [0, 0.05) is 42.1 Å². The van der Waals surface area contributed by atoms with Crippen LogP contribution in [0.5, 0.6) is 0 Å². The van der Waals surface area contributed by atoms with Crippen LogP contribution in [-0.4, -0.2) is 9.91 Å². The SMILES string of the molecule is CC1(C)c2ccccc2-c2ccc(-c3cc(Br)ccc3[N+](=O)[O-])cc21.CC1(C)c2ccccc2-c2ccc3c([nH]c4ccc(Br)cc43)c21. The average molecular weight is 757 g/mol. The molecule has 0 atom stereocenters. The highest BCUT2D eigenvalue weighted by molar-refractivity contribution is 9.10. The number of aromatic amines is 1. The van der Waals surface area contributed by atoms with Gasteiger partial charge >= 0.3 is 0 Å². The summed E-state index contributed by atoms with van der Waals surface area (Å²) in [6.07, 6.45) is 0. The van der Waals surface area contributed by atoms with Gasteiger partial charge < -0.3 is 4.98 Å². The van der Waals surface area contributed by atoms with Crippen molar-refractivity contribution in [2.75, 3.05) is 0 Å². The van der Waals surface area contributed by atoms with E-state index in [2.05, 4.69) is 156 Å². The minimum atomic E-state index is -0.325. The molecule has 7 aromatic rings. The Balaban J connectivity index is 0.000000140. The molecule has 2 aliphatic carbocycles. The fourth-order valence-electron chi connectivity index (χ4n) is 7.98. The number of benzene rings is 6. The Labute approximate surface area is 296 Å². The van der Waals surface area contributed by atoms with Crippen molar-refractivity contribution in [3.05, 3.63) is 157 Å². The van der Waals surface area contributed by atoms with Crippen molar-refractivity contribution in [1.29, 1.82) is 0 Å². The normalized spacial score (nSPS) is 14.5. The van der Waals surface area contributed by atoms with Gasteiger partial charge in [0.2, 0.25) is 0 Å². The van der Waals surface area contributed by atoms with Gasteiger partial charge in [-0.05, 0) is 86.5 Å². The van der Waals surface area contributed by atoms with E-state index in [-0.39, 0.29) is 21.4 Å². The molecule has 6 heteroatoms. The molecule has 6 aromatic carbocycles. The molecule has 0 amide bonds. The lowest BCUT2D eigenvalue weighted by Crippen LogP contribution is -2.15. The zero-order valence-electron chi connectivity index (χ0n) is 27.0. The molecule has 0 aliphatic heterocycles. The van der Waals surface area contributed by atoms with E-state index < -0.39 is 0 Å². The molecule has 4 nitrogen and oxygen atoms in total. The maximum Gasteiger partial charge on any atom is 0.277 e. The molecule has 9 rings (SSSR count). The number of H-pyrrole nitrogens is 1. The van der Waals surface area contributed by atoms with Gasteiger partial charge in [0.15, 0.2) is 0 Å². The van der Waals surface area contributed by atoms with Crippen LogP contribution in [0.25, 0.3) is 55.2 Å². The number of nitro groups is 1. The van der Waals surface area contributed by atoms with Crippen LogP contribution in [0.15, 0.2) is 124 Å². The van der Waals surface area contributed by atoms with Crippen LogP contribution in [0.2, 0.25) is 0 Å². The molecule has 1 heterocycles. The summed E-state index contributed by atoms with van der Waals surface area (Å²) in [5, 5.41) is 14.0. The number of nitrogens with one attached hydrogen (secondary N) is 1. The van der Waals surface area contributed by atoms with E-state index in [9.17, 15) is 10.1 Å². The van der Waals surface area contributed by atoms with E-state index in [1.165, 1.54) is 66.3 Å². The van der Waals surface area contributed by atoms with Crippen LogP contribution in [0.4, 0.5) is 5.69 Å². The number of hydrogen-bond donors (Lipinski definition) is 1. The van der Waals surface area contributed by atoms with Crippen molar-refractivity contribution in [2.45, 2.75) is 38.5 Å². The second kappa shape index (κ2) is 11.0. The second-order valence-electron chi connectivity index (χ2n) is 13.7. The highest BCUT2D eigenvalue weighted by Crippen LogP contribution is 2.52. The Morgan fingerprint density at radius 1 is 0.583 bits per heavy atom. The van der Waals surface area contributed by atoms with E-state index in [1.807, 2.05) is 12.1 Å². The van der Waals surface area contributed by atoms with Gasteiger partial charge in [-0.25, -0.2) is 0 Å². The Morgan fingerprint density at radius 3 is 1.92 bits per heavy atom. The topological polar surface area (TPSA) is 58.9 Å². The largest absolute Gasteiger partial charge is 0.354 e. The number of hydrogen-bond acceptors (Lipinski definition) is 2. The first-order valence-corrected chi connectivity index (χ1v) is 17.6. The van der Waals surface area contributed by atoms with E-state index in [0.717, 1.165) is 14.5 Å². The molecule has 48 heavy (non-hydrogen) atoms. The molecule has 0 bridgehead atoms. The molecule has 0 radical (unpaired) electrons. The van der Waals surface area contributed by atoms with Crippen molar-refractivity contribution in [2.24, 2.45) is 0 Å². The molecule has 0 saturated heterocycles. The van der Waals surface area contributed by atoms with Crippen molar-refractivity contribution in [3.8, 4) is 33.4 Å². The quantitative estimate of drug-likeness (QED) is 0.141. The van der Waals surface area contributed by atoms with Crippen molar-refractivity contribution >= 4 is 59.4 Å². The first-order valence-electron chi connectivity index (χ1n) is 16.0. The third kappa shape index (κ3) is 4.61. The molecule has 2 aliphatic rings. The molecule has 0 unspecified atom stereocenters. The predicted octanol–water partition coefficient (Wildman–Crippen LogP) is 12.7. The highest BCUT2D eigenvalue weighted by atomic mass is 79.9. The smallest absolute Gasteiger partial charge is 0.277 e. The molecular formula is C42H32Br2N2O2. The molecule has 236 valence electrons. The third-order valence-electron chi connectivity index (χ3n) is 10.3. The first kappa shape index (κ1) is 30.8. The maximum atomic E-state index is 11.4. The monoisotopic (exact) mass is 754 g/mol. The minimum Gasteiger partial charge on any atom is -0.354 e. The van der Waals surface area contributed by atoms with Crippen molar-refractivity contribution in [1.82, 2.24) is 4.98 Å². The standard InChI is InChI=1S/C21H16BrNO2.C21H16BrN/c1-21(2)18-6-4-3-5-15(18)16-9-7-13(11-19(16)21)17-12-14(22)8-10-20(17)23(24)25;1-21(2)17-6-4-3-5-13(17)14-8-9-15-16-11-12(22)7-10-18(16)23-20(15)19(14)21/h3-12H,1-2H3;3-11,23H,1-2H3. The maximum absolute atomic E-state index is 11.4. The van der Waals surface area contributed by atoms with E-state index in [4.69, 9.17) is 0 Å². The summed E-state index contributed by atoms with van der Waals surface area (Å²) in [7, 11) is 0. The average Bonchev–Trinajstić information content (AvgIpc) is 3.64. The number of aromatic nitrogens is 1. The lowest BCUT2D eigenvalue weighted by molar-refractivity contribution is -0.384. The minimum absolute atomic E-state index is 0.0174. The van der Waals surface area contributed by atoms with Crippen LogP contribution in [-0.2, 0) is 10.8 Å². The zero-order chi connectivity index (χ0) is 33.5. The molecule has 0 fully saturated rings. The van der Waals surface area contributed by atoms with E-state index >= 15 is 0 Å². The summed E-state index contributed by atoms with van der Waals surface area (Å²) in [6, 6.07) is 39.4. The number of nitro benzene ring substituents is 1. The van der Waals surface area contributed by atoms with Gasteiger partial charge in [-0.15, -0.1) is 0 Å². The van der Waals surface area contributed by atoms with Gasteiger partial charge in [0.25, 0.3) is 5.69 Å². The van der Waals surface area contributed by atoms with Gasteiger partial charge in [-0.1, -0.05) is 132 Å². The lowest BCUT2D eigenvalue weighted by Gasteiger charge is -2.22. The summed E-state index contributed by atoms with van der Waals surface area (Å²) in [6.45, 7) is 9.07. The Morgan fingerprint density at radius 2 is 1.19 bits per heavy atom. The van der Waals surface area contributed by atoms with Crippen LogP contribution in [0, 0.1) is 10.1 Å². The van der Waals surface area contributed by atoms with Gasteiger partial charge in [-0.2, -0.15) is 0 Å². The predicted molar refractivity (Wildman–Crippen MR) is 205 cm³/mol. The zero-order valence-corrected chi connectivity index (χ0v) is 30.2.